The van der Waals surface area contributed by atoms with Gasteiger partial charge in [0, 0.05) is 24.5 Å². The molecule has 2 heterocycles. The molecule has 0 amide bonds. The quantitative estimate of drug-likeness (QED) is 0.590. The van der Waals surface area contributed by atoms with E-state index in [4.69, 9.17) is 9.72 Å². The smallest absolute Gasteiger partial charge is 0.144 e. The Hall–Kier alpha value is -3.37. The van der Waals surface area contributed by atoms with Crippen LogP contribution in [0.25, 0.3) is 10.9 Å². The van der Waals surface area contributed by atoms with Crippen LogP contribution in [-0.2, 0) is 0 Å². The van der Waals surface area contributed by atoms with E-state index in [1.54, 1.807) is 7.11 Å². The maximum Gasteiger partial charge on any atom is 0.144 e. The van der Waals surface area contributed by atoms with Gasteiger partial charge < -0.3 is 20.1 Å². The number of nitrogens with zero attached hydrogens (tertiary/aromatic N) is 4. The monoisotopic (exact) mass is 445 g/mol. The highest BCUT2D eigenvalue weighted by Crippen LogP contribution is 2.38. The number of rotatable bonds is 5. The van der Waals surface area contributed by atoms with Gasteiger partial charge in [-0.2, -0.15) is 5.26 Å². The summed E-state index contributed by atoms with van der Waals surface area (Å²) in [7, 11) is 1.67. The topological polar surface area (TPSA) is 94.3 Å². The summed E-state index contributed by atoms with van der Waals surface area (Å²) in [6.07, 6.45) is 1.41. The summed E-state index contributed by atoms with van der Waals surface area (Å²) < 4.78 is 5.71. The molecule has 2 N–H and O–H groups in total. The molecule has 1 aliphatic rings. The minimum absolute atomic E-state index is 0.0496. The van der Waals surface area contributed by atoms with Gasteiger partial charge >= 0.3 is 0 Å². The van der Waals surface area contributed by atoms with Gasteiger partial charge in [-0.3, -0.25) is 0 Å². The van der Waals surface area contributed by atoms with Crippen molar-refractivity contribution in [2.45, 2.75) is 52.2 Å². The van der Waals surface area contributed by atoms with Crippen LogP contribution in [0.1, 0.15) is 55.2 Å². The van der Waals surface area contributed by atoms with E-state index in [1.807, 2.05) is 45.0 Å². The van der Waals surface area contributed by atoms with Crippen LogP contribution in [0.15, 0.2) is 30.3 Å². The Bertz CT molecular complexity index is 1220. The zero-order valence-corrected chi connectivity index (χ0v) is 19.9. The number of nitrogens with one attached hydrogen (secondary N) is 1. The zero-order valence-electron chi connectivity index (χ0n) is 19.9. The number of aryl methyl sites for hydroxylation is 1. The van der Waals surface area contributed by atoms with E-state index >= 15 is 0 Å². The fraction of sp³-hybridized carbons (Fsp3) is 0.423. The number of hydrogen-bond acceptors (Lipinski definition) is 7. The van der Waals surface area contributed by atoms with Gasteiger partial charge in [-0.05, 0) is 63.8 Å². The molecule has 7 nitrogen and oxygen atoms in total. The average Bonchev–Trinajstić information content (AvgIpc) is 2.78. The predicted molar refractivity (Wildman–Crippen MR) is 131 cm³/mol. The average molecular weight is 446 g/mol. The van der Waals surface area contributed by atoms with Crippen LogP contribution < -0.4 is 15.0 Å². The molecule has 0 spiro atoms. The van der Waals surface area contributed by atoms with Crippen molar-refractivity contribution in [3.05, 3.63) is 52.8 Å². The molecule has 0 unspecified atom stereocenters. The molecular formula is C26H31N5O2. The van der Waals surface area contributed by atoms with Crippen molar-refractivity contribution in [1.29, 1.82) is 5.26 Å². The number of nitriles is 1. The summed E-state index contributed by atoms with van der Waals surface area (Å²) in [5.41, 5.74) is 3.87. The first kappa shape index (κ1) is 22.8. The third-order valence-electron chi connectivity index (χ3n) is 6.61. The number of anilines is 2. The predicted octanol–water partition coefficient (Wildman–Crippen LogP) is 4.65. The number of benzene rings is 2. The number of fused-ring (bicyclic) bond motifs is 1. The van der Waals surface area contributed by atoms with Crippen LogP contribution in [0.4, 0.5) is 11.5 Å². The van der Waals surface area contributed by atoms with Crippen molar-refractivity contribution in [2.24, 2.45) is 0 Å². The summed E-state index contributed by atoms with van der Waals surface area (Å²) in [5, 5.41) is 24.2. The maximum atomic E-state index is 10.4. The van der Waals surface area contributed by atoms with Gasteiger partial charge in [0.15, 0.2) is 0 Å². The first-order valence-corrected chi connectivity index (χ1v) is 11.3. The number of aliphatic hydroxyl groups is 1. The first-order chi connectivity index (χ1) is 15.7. The van der Waals surface area contributed by atoms with Gasteiger partial charge in [0.2, 0.25) is 0 Å². The molecule has 0 aliphatic carbocycles. The molecule has 3 aromatic rings. The van der Waals surface area contributed by atoms with Gasteiger partial charge in [0.05, 0.1) is 41.6 Å². The second-order valence-corrected chi connectivity index (χ2v) is 9.14. The number of methoxy groups -OCH3 is 1. The van der Waals surface area contributed by atoms with Gasteiger partial charge in [-0.15, -0.1) is 0 Å². The summed E-state index contributed by atoms with van der Waals surface area (Å²) in [6, 6.07) is 12.1. The molecular weight excluding hydrogens is 414 g/mol. The van der Waals surface area contributed by atoms with Crippen LogP contribution in [0, 0.1) is 25.2 Å². The Labute approximate surface area is 195 Å². The molecule has 172 valence electrons. The molecule has 1 atom stereocenters. The third-order valence-corrected chi connectivity index (χ3v) is 6.61. The second kappa shape index (κ2) is 8.87. The third kappa shape index (κ3) is 4.57. The normalized spacial score (nSPS) is 16.3. The Kier molecular flexibility index (Phi) is 6.13. The molecule has 2 aromatic carbocycles. The summed E-state index contributed by atoms with van der Waals surface area (Å²) in [4.78, 5) is 11.6. The van der Waals surface area contributed by atoms with Gasteiger partial charge in [-0.25, -0.2) is 9.97 Å². The van der Waals surface area contributed by atoms with Crippen molar-refractivity contribution < 1.29 is 9.84 Å². The highest BCUT2D eigenvalue weighted by molar-refractivity contribution is 5.94. The maximum absolute atomic E-state index is 10.4. The van der Waals surface area contributed by atoms with E-state index in [2.05, 4.69) is 34.3 Å². The van der Waals surface area contributed by atoms with Crippen LogP contribution >= 0.6 is 0 Å². The SMILES string of the molecule is COc1cc2nc(C)nc(N[C@H](C)c3cccc(C#N)c3C)c2cc1N1CCC(C)(O)CC1. The fourth-order valence-electron chi connectivity index (χ4n) is 4.54. The summed E-state index contributed by atoms with van der Waals surface area (Å²) in [6.45, 7) is 9.32. The molecule has 0 bridgehead atoms. The molecule has 7 heteroatoms. The number of aromatic nitrogens is 2. The minimum atomic E-state index is -0.626. The largest absolute Gasteiger partial charge is 0.495 e. The number of piperidine rings is 1. The van der Waals surface area contributed by atoms with Gasteiger partial charge in [0.25, 0.3) is 0 Å². The van der Waals surface area contributed by atoms with Crippen LogP contribution in [0.2, 0.25) is 0 Å². The van der Waals surface area contributed by atoms with E-state index in [9.17, 15) is 10.4 Å². The Morgan fingerprint density at radius 1 is 1.21 bits per heavy atom. The van der Waals surface area contributed by atoms with Crippen molar-refractivity contribution >= 4 is 22.4 Å². The zero-order chi connectivity index (χ0) is 23.8. The van der Waals surface area contributed by atoms with Crippen LogP contribution in [0.3, 0.4) is 0 Å². The molecule has 0 saturated carbocycles. The van der Waals surface area contributed by atoms with Gasteiger partial charge in [-0.1, -0.05) is 12.1 Å². The highest BCUT2D eigenvalue weighted by Gasteiger charge is 2.29. The molecule has 1 saturated heterocycles. The lowest BCUT2D eigenvalue weighted by Crippen LogP contribution is -2.42. The highest BCUT2D eigenvalue weighted by atomic mass is 16.5. The molecule has 1 fully saturated rings. The molecule has 0 radical (unpaired) electrons. The van der Waals surface area contributed by atoms with Gasteiger partial charge in [0.1, 0.15) is 17.4 Å². The second-order valence-electron chi connectivity index (χ2n) is 9.14. The minimum Gasteiger partial charge on any atom is -0.495 e. The first-order valence-electron chi connectivity index (χ1n) is 11.3. The number of hydrogen-bond donors (Lipinski definition) is 2. The van der Waals surface area contributed by atoms with E-state index in [1.165, 1.54) is 0 Å². The molecule has 1 aromatic heterocycles. The summed E-state index contributed by atoms with van der Waals surface area (Å²) >= 11 is 0. The Balaban J connectivity index is 1.75. The lowest BCUT2D eigenvalue weighted by molar-refractivity contribution is 0.0350. The molecule has 1 aliphatic heterocycles. The van der Waals surface area contributed by atoms with Crippen molar-refractivity contribution in [3.8, 4) is 11.8 Å². The van der Waals surface area contributed by atoms with Crippen molar-refractivity contribution in [3.63, 3.8) is 0 Å². The molecule has 33 heavy (non-hydrogen) atoms. The van der Waals surface area contributed by atoms with Crippen molar-refractivity contribution in [1.82, 2.24) is 9.97 Å². The number of ether oxygens (including phenoxy) is 1. The molecule has 4 rings (SSSR count). The summed E-state index contributed by atoms with van der Waals surface area (Å²) in [5.74, 6) is 2.18. The Morgan fingerprint density at radius 2 is 1.94 bits per heavy atom. The van der Waals surface area contributed by atoms with Crippen molar-refractivity contribution in [2.75, 3.05) is 30.4 Å². The fourth-order valence-corrected chi connectivity index (χ4v) is 4.54. The van der Waals surface area contributed by atoms with E-state index < -0.39 is 5.60 Å². The van der Waals surface area contributed by atoms with E-state index in [0.29, 0.717) is 24.2 Å². The van der Waals surface area contributed by atoms with E-state index in [0.717, 1.165) is 52.4 Å². The lowest BCUT2D eigenvalue weighted by Gasteiger charge is -2.37. The van der Waals surface area contributed by atoms with E-state index in [-0.39, 0.29) is 6.04 Å². The standard InChI is InChI=1S/C26H31N5O2/c1-16-19(15-27)7-6-8-20(16)17(2)28-25-21-13-23(31-11-9-26(4,32)10-12-31)24(33-5)14-22(21)29-18(3)30-25/h6-8,13-14,17,32H,9-12H2,1-5H3,(H,28,29,30)/t17-/m1/s1. The van der Waals surface area contributed by atoms with Crippen LogP contribution in [-0.4, -0.2) is 40.9 Å². The Morgan fingerprint density at radius 3 is 2.61 bits per heavy atom. The van der Waals surface area contributed by atoms with Crippen LogP contribution in [0.5, 0.6) is 5.75 Å². The lowest BCUT2D eigenvalue weighted by atomic mass is 9.93.